The predicted octanol–water partition coefficient (Wildman–Crippen LogP) is 3.53. The minimum Gasteiger partial charge on any atom is -0.385 e. The first kappa shape index (κ1) is 12.3. The lowest BCUT2D eigenvalue weighted by molar-refractivity contribution is 0.616. The van der Waals surface area contributed by atoms with Gasteiger partial charge in [-0.25, -0.2) is 0 Å². The third-order valence-electron chi connectivity index (χ3n) is 3.38. The molecule has 0 saturated carbocycles. The molecule has 1 aliphatic heterocycles. The summed E-state index contributed by atoms with van der Waals surface area (Å²) in [6.45, 7) is 10.2. The zero-order valence-corrected chi connectivity index (χ0v) is 11.3. The zero-order valence-electron chi connectivity index (χ0n) is 11.3. The molecule has 0 aromatic heterocycles. The van der Waals surface area contributed by atoms with Gasteiger partial charge in [-0.1, -0.05) is 19.9 Å². The Morgan fingerprint density at radius 2 is 2.18 bits per heavy atom. The van der Waals surface area contributed by atoms with E-state index in [0.29, 0.717) is 5.92 Å². The van der Waals surface area contributed by atoms with Crippen LogP contribution in [-0.4, -0.2) is 19.6 Å². The smallest absolute Gasteiger partial charge is 0.0419 e. The van der Waals surface area contributed by atoms with Crippen LogP contribution in [-0.2, 0) is 6.42 Å². The van der Waals surface area contributed by atoms with Gasteiger partial charge in [-0.2, -0.15) is 0 Å². The molecule has 0 amide bonds. The van der Waals surface area contributed by atoms with E-state index >= 15 is 0 Å². The molecule has 0 radical (unpaired) electrons. The normalized spacial score (nSPS) is 14.4. The highest BCUT2D eigenvalue weighted by Crippen LogP contribution is 2.31. The molecule has 0 unspecified atom stereocenters. The quantitative estimate of drug-likeness (QED) is 0.854. The van der Waals surface area contributed by atoms with Crippen LogP contribution < -0.4 is 10.2 Å². The molecule has 1 aromatic carbocycles. The van der Waals surface area contributed by atoms with Crippen molar-refractivity contribution in [1.29, 1.82) is 0 Å². The second-order valence-corrected chi connectivity index (χ2v) is 5.27. The van der Waals surface area contributed by atoms with E-state index in [1.54, 1.807) is 0 Å². The molecule has 1 N–H and O–H groups in total. The van der Waals surface area contributed by atoms with Crippen LogP contribution in [0.1, 0.15) is 32.8 Å². The van der Waals surface area contributed by atoms with Crippen LogP contribution in [0.4, 0.5) is 11.4 Å². The maximum Gasteiger partial charge on any atom is 0.0419 e. The van der Waals surface area contributed by atoms with Crippen molar-refractivity contribution in [3.63, 3.8) is 0 Å². The van der Waals surface area contributed by atoms with Crippen molar-refractivity contribution < 1.29 is 0 Å². The number of fused-ring (bicyclic) bond motifs is 1. The maximum absolute atomic E-state index is 3.51. The molecule has 0 atom stereocenters. The highest BCUT2D eigenvalue weighted by molar-refractivity contribution is 5.67. The van der Waals surface area contributed by atoms with Crippen LogP contribution in [0, 0.1) is 5.92 Å². The number of nitrogens with one attached hydrogen (secondary N) is 1. The van der Waals surface area contributed by atoms with Crippen molar-refractivity contribution in [1.82, 2.24) is 0 Å². The molecule has 0 fully saturated rings. The lowest BCUT2D eigenvalue weighted by atomic mass is 10.00. The summed E-state index contributed by atoms with van der Waals surface area (Å²) in [5.41, 5.74) is 4.29. The van der Waals surface area contributed by atoms with E-state index in [-0.39, 0.29) is 0 Å². The summed E-state index contributed by atoms with van der Waals surface area (Å²) in [5.74, 6) is 0.711. The molecule has 0 aliphatic carbocycles. The number of hydrogen-bond acceptors (Lipinski definition) is 2. The van der Waals surface area contributed by atoms with Crippen LogP contribution in [0.15, 0.2) is 18.2 Å². The largest absolute Gasteiger partial charge is 0.385 e. The molecule has 0 spiro atoms. The Morgan fingerprint density at radius 3 is 2.88 bits per heavy atom. The Kier molecular flexibility index (Phi) is 3.93. The van der Waals surface area contributed by atoms with Gasteiger partial charge < -0.3 is 10.2 Å². The zero-order chi connectivity index (χ0) is 12.3. The fourth-order valence-electron chi connectivity index (χ4n) is 2.63. The Balaban J connectivity index is 2.29. The van der Waals surface area contributed by atoms with Gasteiger partial charge in [0, 0.05) is 31.0 Å². The number of rotatable bonds is 4. The van der Waals surface area contributed by atoms with Crippen molar-refractivity contribution in [2.45, 2.75) is 33.6 Å². The summed E-state index contributed by atoms with van der Waals surface area (Å²) in [4.78, 5) is 2.51. The molecule has 2 heteroatoms. The van der Waals surface area contributed by atoms with Crippen LogP contribution in [0.25, 0.3) is 0 Å². The molecular formula is C15H24N2. The molecule has 0 saturated heterocycles. The third kappa shape index (κ3) is 2.74. The Hall–Kier alpha value is -1.18. The van der Waals surface area contributed by atoms with Crippen molar-refractivity contribution >= 4 is 11.4 Å². The summed E-state index contributed by atoms with van der Waals surface area (Å²) in [6.07, 6.45) is 2.47. The minimum atomic E-state index is 0.711. The van der Waals surface area contributed by atoms with Crippen molar-refractivity contribution in [2.75, 3.05) is 29.9 Å². The van der Waals surface area contributed by atoms with Gasteiger partial charge >= 0.3 is 0 Å². The fourth-order valence-corrected chi connectivity index (χ4v) is 2.63. The third-order valence-corrected chi connectivity index (χ3v) is 3.38. The predicted molar refractivity (Wildman–Crippen MR) is 76.0 cm³/mol. The lowest BCUT2D eigenvalue weighted by Crippen LogP contribution is -2.29. The fraction of sp³-hybridized carbons (Fsp3) is 0.600. The molecule has 17 heavy (non-hydrogen) atoms. The van der Waals surface area contributed by atoms with Gasteiger partial charge in [-0.15, -0.1) is 0 Å². The van der Waals surface area contributed by atoms with Crippen LogP contribution in [0.3, 0.4) is 0 Å². The first-order valence-corrected chi connectivity index (χ1v) is 6.83. The van der Waals surface area contributed by atoms with E-state index in [9.17, 15) is 0 Å². The molecule has 1 aliphatic rings. The minimum absolute atomic E-state index is 0.711. The van der Waals surface area contributed by atoms with Crippen molar-refractivity contribution in [3.8, 4) is 0 Å². The van der Waals surface area contributed by atoms with Gasteiger partial charge in [0.15, 0.2) is 0 Å². The van der Waals surface area contributed by atoms with E-state index in [1.807, 2.05) is 0 Å². The van der Waals surface area contributed by atoms with Gasteiger partial charge in [0.2, 0.25) is 0 Å². The summed E-state index contributed by atoms with van der Waals surface area (Å²) in [6, 6.07) is 6.66. The Morgan fingerprint density at radius 1 is 1.35 bits per heavy atom. The van der Waals surface area contributed by atoms with Crippen molar-refractivity contribution in [2.24, 2.45) is 5.92 Å². The topological polar surface area (TPSA) is 15.3 Å². The van der Waals surface area contributed by atoms with Gasteiger partial charge in [0.05, 0.1) is 0 Å². The standard InChI is InChI=1S/C15H24N2/c1-4-17(11-12(2)3)15-9-5-8-14-13(15)7-6-10-16-14/h5,8-9,12,16H,4,6-7,10-11H2,1-3H3. The van der Waals surface area contributed by atoms with Gasteiger partial charge in [0.1, 0.15) is 0 Å². The van der Waals surface area contributed by atoms with E-state index in [2.05, 4.69) is 49.2 Å². The molecular weight excluding hydrogens is 208 g/mol. The lowest BCUT2D eigenvalue weighted by Gasteiger charge is -2.30. The van der Waals surface area contributed by atoms with E-state index in [4.69, 9.17) is 0 Å². The summed E-state index contributed by atoms with van der Waals surface area (Å²) >= 11 is 0. The number of benzene rings is 1. The molecule has 1 heterocycles. The Labute approximate surface area is 105 Å². The average Bonchev–Trinajstić information content (AvgIpc) is 2.35. The molecule has 1 aromatic rings. The highest BCUT2D eigenvalue weighted by atomic mass is 15.1. The first-order valence-electron chi connectivity index (χ1n) is 6.83. The van der Waals surface area contributed by atoms with Crippen LogP contribution >= 0.6 is 0 Å². The first-order chi connectivity index (χ1) is 8.22. The van der Waals surface area contributed by atoms with Gasteiger partial charge in [-0.3, -0.25) is 0 Å². The van der Waals surface area contributed by atoms with E-state index in [1.165, 1.54) is 29.8 Å². The molecule has 0 bridgehead atoms. The van der Waals surface area contributed by atoms with E-state index in [0.717, 1.165) is 19.6 Å². The van der Waals surface area contributed by atoms with Gasteiger partial charge in [0.25, 0.3) is 0 Å². The monoisotopic (exact) mass is 232 g/mol. The Bertz CT molecular complexity index is 371. The average molecular weight is 232 g/mol. The van der Waals surface area contributed by atoms with Gasteiger partial charge in [-0.05, 0) is 43.4 Å². The van der Waals surface area contributed by atoms with Crippen molar-refractivity contribution in [3.05, 3.63) is 23.8 Å². The maximum atomic E-state index is 3.51. The van der Waals surface area contributed by atoms with E-state index < -0.39 is 0 Å². The number of anilines is 2. The number of nitrogens with zero attached hydrogens (tertiary/aromatic N) is 1. The summed E-state index contributed by atoms with van der Waals surface area (Å²) in [7, 11) is 0. The molecule has 94 valence electrons. The SMILES string of the molecule is CCN(CC(C)C)c1cccc2c1CCCN2. The summed E-state index contributed by atoms with van der Waals surface area (Å²) < 4.78 is 0. The van der Waals surface area contributed by atoms with Crippen LogP contribution in [0.2, 0.25) is 0 Å². The molecule has 2 nitrogen and oxygen atoms in total. The van der Waals surface area contributed by atoms with Crippen LogP contribution in [0.5, 0.6) is 0 Å². The second-order valence-electron chi connectivity index (χ2n) is 5.27. The second kappa shape index (κ2) is 5.44. The summed E-state index contributed by atoms with van der Waals surface area (Å²) in [5, 5.41) is 3.51. The molecule has 2 rings (SSSR count). The number of hydrogen-bond donors (Lipinski definition) is 1. The highest BCUT2D eigenvalue weighted by Gasteiger charge is 2.16.